The van der Waals surface area contributed by atoms with Gasteiger partial charge in [-0.15, -0.1) is 0 Å². The number of hydrogen-bond acceptors (Lipinski definition) is 4. The summed E-state index contributed by atoms with van der Waals surface area (Å²) in [6, 6.07) is 13.0. The second kappa shape index (κ2) is 6.45. The molecule has 0 aliphatic rings. The highest BCUT2D eigenvalue weighted by Gasteiger charge is 2.07. The number of furan rings is 1. The van der Waals surface area contributed by atoms with E-state index in [-0.39, 0.29) is 6.61 Å². The Morgan fingerprint density at radius 3 is 2.95 bits per heavy atom. The Bertz CT molecular complexity index is 825. The van der Waals surface area contributed by atoms with Gasteiger partial charge in [0.05, 0.1) is 11.8 Å². The molecule has 4 nitrogen and oxygen atoms in total. The average Bonchev–Trinajstić information content (AvgIpc) is 3.04. The molecule has 2 aromatic heterocycles. The summed E-state index contributed by atoms with van der Waals surface area (Å²) in [4.78, 5) is 16.0. The van der Waals surface area contributed by atoms with Crippen LogP contribution < -0.4 is 0 Å². The highest BCUT2D eigenvalue weighted by atomic mass is 35.5. The van der Waals surface area contributed by atoms with Crippen molar-refractivity contribution in [2.75, 3.05) is 0 Å². The maximum absolute atomic E-state index is 11.7. The Balaban J connectivity index is 1.68. The third-order valence-corrected chi connectivity index (χ3v) is 3.37. The fourth-order valence-corrected chi connectivity index (χ4v) is 2.17. The molecule has 5 heteroatoms. The molecule has 0 radical (unpaired) electrons. The number of halogens is 1. The second-order valence-electron chi connectivity index (χ2n) is 4.59. The monoisotopic (exact) mass is 313 g/mol. The number of hydrogen-bond donors (Lipinski definition) is 0. The molecule has 0 fully saturated rings. The molecule has 0 amide bonds. The first-order chi connectivity index (χ1) is 10.7. The zero-order chi connectivity index (χ0) is 15.4. The summed E-state index contributed by atoms with van der Waals surface area (Å²) in [6.45, 7) is 0.0675. The summed E-state index contributed by atoms with van der Waals surface area (Å²) in [7, 11) is 0. The molecule has 0 unspecified atom stereocenters. The van der Waals surface area contributed by atoms with Crippen LogP contribution in [0.1, 0.15) is 11.3 Å². The fraction of sp³-hybridized carbons (Fsp3) is 0.0588. The molecule has 3 rings (SSSR count). The summed E-state index contributed by atoms with van der Waals surface area (Å²) in [5, 5.41) is 1.28. The van der Waals surface area contributed by atoms with Crippen LogP contribution in [0.4, 0.5) is 0 Å². The van der Waals surface area contributed by atoms with E-state index in [0.29, 0.717) is 16.5 Å². The van der Waals surface area contributed by atoms with Gasteiger partial charge in [0.25, 0.3) is 0 Å². The fourth-order valence-electron chi connectivity index (χ4n) is 1.97. The number of fused-ring (bicyclic) bond motifs is 1. The molecule has 0 saturated heterocycles. The van der Waals surface area contributed by atoms with Gasteiger partial charge in [-0.3, -0.25) is 0 Å². The van der Waals surface area contributed by atoms with Crippen LogP contribution in [0.3, 0.4) is 0 Å². The quantitative estimate of drug-likeness (QED) is 0.411. The molecular weight excluding hydrogens is 302 g/mol. The minimum Gasteiger partial charge on any atom is -0.465 e. The number of esters is 1. The van der Waals surface area contributed by atoms with Crippen molar-refractivity contribution in [1.29, 1.82) is 0 Å². The topological polar surface area (TPSA) is 52.3 Å². The van der Waals surface area contributed by atoms with E-state index in [4.69, 9.17) is 20.8 Å². The van der Waals surface area contributed by atoms with Gasteiger partial charge in [0.1, 0.15) is 17.5 Å². The van der Waals surface area contributed by atoms with Crippen molar-refractivity contribution in [3.05, 3.63) is 71.3 Å². The van der Waals surface area contributed by atoms with Crippen molar-refractivity contribution in [1.82, 2.24) is 4.98 Å². The first-order valence-corrected chi connectivity index (χ1v) is 7.03. The van der Waals surface area contributed by atoms with E-state index in [1.807, 2.05) is 30.3 Å². The number of rotatable bonds is 4. The average molecular weight is 314 g/mol. The summed E-state index contributed by atoms with van der Waals surface area (Å²) in [5.74, 6) is 0.114. The Morgan fingerprint density at radius 2 is 2.14 bits per heavy atom. The van der Waals surface area contributed by atoms with Crippen LogP contribution >= 0.6 is 11.6 Å². The lowest BCUT2D eigenvalue weighted by Gasteiger charge is -2.06. The predicted octanol–water partition coefficient (Wildman–Crippen LogP) is 4.24. The van der Waals surface area contributed by atoms with E-state index in [9.17, 15) is 4.79 Å². The van der Waals surface area contributed by atoms with Crippen LogP contribution in [-0.2, 0) is 16.1 Å². The first kappa shape index (κ1) is 14.4. The Hall–Kier alpha value is -2.59. The molecule has 110 valence electrons. The van der Waals surface area contributed by atoms with Crippen LogP contribution in [0.15, 0.2) is 59.2 Å². The van der Waals surface area contributed by atoms with Gasteiger partial charge in [0.15, 0.2) is 0 Å². The number of para-hydroxylation sites is 1. The molecule has 0 N–H and O–H groups in total. The van der Waals surface area contributed by atoms with Gasteiger partial charge in [0.2, 0.25) is 0 Å². The number of ether oxygens (including phenoxy) is 1. The minimum atomic E-state index is -0.472. The normalized spacial score (nSPS) is 11.1. The zero-order valence-corrected chi connectivity index (χ0v) is 12.3. The van der Waals surface area contributed by atoms with Crippen LogP contribution in [0, 0.1) is 0 Å². The molecule has 0 aliphatic heterocycles. The summed E-state index contributed by atoms with van der Waals surface area (Å²) < 4.78 is 10.3. The SMILES string of the molecule is O=C(/C=C/c1ccco1)OCc1cc2ccccc2nc1Cl. The number of benzene rings is 1. The lowest BCUT2D eigenvalue weighted by Crippen LogP contribution is -2.02. The van der Waals surface area contributed by atoms with Gasteiger partial charge >= 0.3 is 5.97 Å². The molecule has 22 heavy (non-hydrogen) atoms. The molecule has 0 spiro atoms. The number of nitrogens with zero attached hydrogens (tertiary/aromatic N) is 1. The lowest BCUT2D eigenvalue weighted by molar-refractivity contribution is -0.138. The summed E-state index contributed by atoms with van der Waals surface area (Å²) in [5.41, 5.74) is 1.47. The van der Waals surface area contributed by atoms with E-state index in [1.54, 1.807) is 18.2 Å². The molecule has 0 bridgehead atoms. The smallest absolute Gasteiger partial charge is 0.331 e. The van der Waals surface area contributed by atoms with Gasteiger partial charge in [-0.05, 0) is 30.3 Å². The maximum atomic E-state index is 11.7. The summed E-state index contributed by atoms with van der Waals surface area (Å²) >= 11 is 6.11. The van der Waals surface area contributed by atoms with Gasteiger partial charge in [-0.1, -0.05) is 29.8 Å². The van der Waals surface area contributed by atoms with E-state index in [0.717, 1.165) is 10.9 Å². The van der Waals surface area contributed by atoms with Crippen LogP contribution in [0.2, 0.25) is 5.15 Å². The third kappa shape index (κ3) is 3.35. The van der Waals surface area contributed by atoms with E-state index < -0.39 is 5.97 Å². The second-order valence-corrected chi connectivity index (χ2v) is 4.95. The van der Waals surface area contributed by atoms with Crippen LogP contribution in [0.5, 0.6) is 0 Å². The maximum Gasteiger partial charge on any atom is 0.331 e. The number of aromatic nitrogens is 1. The molecule has 0 atom stereocenters. The number of carbonyl (C=O) groups is 1. The van der Waals surface area contributed by atoms with Crippen molar-refractivity contribution in [3.63, 3.8) is 0 Å². The van der Waals surface area contributed by atoms with Crippen molar-refractivity contribution in [3.8, 4) is 0 Å². The Labute approximate surface area is 132 Å². The van der Waals surface area contributed by atoms with Gasteiger partial charge < -0.3 is 9.15 Å². The number of pyridine rings is 1. The summed E-state index contributed by atoms with van der Waals surface area (Å²) in [6.07, 6.45) is 4.38. The van der Waals surface area contributed by atoms with Crippen molar-refractivity contribution < 1.29 is 13.9 Å². The standard InChI is InChI=1S/C17H12ClNO3/c18-17-13(10-12-4-1-2-6-15(12)19-17)11-22-16(20)8-7-14-5-3-9-21-14/h1-10H,11H2/b8-7+. The lowest BCUT2D eigenvalue weighted by atomic mass is 10.2. The van der Waals surface area contributed by atoms with Gasteiger partial charge in [0, 0.05) is 17.0 Å². The molecule has 2 heterocycles. The van der Waals surface area contributed by atoms with Crippen molar-refractivity contribution >= 4 is 34.5 Å². The van der Waals surface area contributed by atoms with Crippen LogP contribution in [-0.4, -0.2) is 11.0 Å². The Kier molecular flexibility index (Phi) is 4.21. The van der Waals surface area contributed by atoms with E-state index >= 15 is 0 Å². The van der Waals surface area contributed by atoms with Crippen LogP contribution in [0.25, 0.3) is 17.0 Å². The molecular formula is C17H12ClNO3. The predicted molar refractivity (Wildman–Crippen MR) is 84.3 cm³/mol. The van der Waals surface area contributed by atoms with Gasteiger partial charge in [-0.2, -0.15) is 0 Å². The largest absolute Gasteiger partial charge is 0.465 e. The molecule has 0 saturated carbocycles. The van der Waals surface area contributed by atoms with Crippen molar-refractivity contribution in [2.45, 2.75) is 6.61 Å². The number of carbonyl (C=O) groups excluding carboxylic acids is 1. The van der Waals surface area contributed by atoms with Gasteiger partial charge in [-0.25, -0.2) is 9.78 Å². The Morgan fingerprint density at radius 1 is 1.27 bits per heavy atom. The minimum absolute atomic E-state index is 0.0675. The molecule has 0 aliphatic carbocycles. The van der Waals surface area contributed by atoms with E-state index in [1.165, 1.54) is 12.3 Å². The highest BCUT2D eigenvalue weighted by Crippen LogP contribution is 2.21. The van der Waals surface area contributed by atoms with E-state index in [2.05, 4.69) is 4.98 Å². The first-order valence-electron chi connectivity index (χ1n) is 6.65. The molecule has 3 aromatic rings. The highest BCUT2D eigenvalue weighted by molar-refractivity contribution is 6.30. The molecule has 1 aromatic carbocycles. The zero-order valence-electron chi connectivity index (χ0n) is 11.5. The third-order valence-electron chi connectivity index (χ3n) is 3.05. The van der Waals surface area contributed by atoms with Crippen molar-refractivity contribution in [2.24, 2.45) is 0 Å².